The maximum Gasteiger partial charge on any atom is 0.235 e. The van der Waals surface area contributed by atoms with E-state index in [1.165, 1.54) is 4.31 Å². The molecule has 0 saturated heterocycles. The predicted molar refractivity (Wildman–Crippen MR) is 91.0 cm³/mol. The van der Waals surface area contributed by atoms with Gasteiger partial charge in [0.15, 0.2) is 0 Å². The molecule has 0 atom stereocenters. The van der Waals surface area contributed by atoms with E-state index in [9.17, 15) is 8.42 Å². The van der Waals surface area contributed by atoms with Gasteiger partial charge in [-0.2, -0.15) is 0 Å². The van der Waals surface area contributed by atoms with E-state index in [1.807, 2.05) is 55.5 Å². The van der Waals surface area contributed by atoms with Crippen LogP contribution in [-0.4, -0.2) is 19.2 Å². The third-order valence-electron chi connectivity index (χ3n) is 3.27. The van der Waals surface area contributed by atoms with Gasteiger partial charge >= 0.3 is 0 Å². The average Bonchev–Trinajstić information content (AvgIpc) is 2.54. The number of benzene rings is 1. The zero-order valence-corrected chi connectivity index (χ0v) is 13.6. The van der Waals surface area contributed by atoms with Crippen LogP contribution in [0.15, 0.2) is 54.9 Å². The van der Waals surface area contributed by atoms with Crippen LogP contribution in [0, 0.1) is 0 Å². The molecular formula is C17H20N2O2S. The molecule has 22 heavy (non-hydrogen) atoms. The Balaban J connectivity index is 2.43. The first-order valence-corrected chi connectivity index (χ1v) is 8.80. The van der Waals surface area contributed by atoms with Crippen molar-refractivity contribution in [2.45, 2.75) is 20.4 Å². The second-order valence-corrected chi connectivity index (χ2v) is 7.05. The SMILES string of the molecule is CC=Cc1cccc(N(Cc2cccnc2)S(=O)(=O)CC)c1. The molecule has 2 aromatic rings. The molecule has 0 bridgehead atoms. The summed E-state index contributed by atoms with van der Waals surface area (Å²) in [5, 5.41) is 0. The predicted octanol–water partition coefficient (Wildman–Crippen LogP) is 3.47. The molecule has 0 aliphatic heterocycles. The van der Waals surface area contributed by atoms with Crippen LogP contribution in [0.25, 0.3) is 6.08 Å². The van der Waals surface area contributed by atoms with E-state index < -0.39 is 10.0 Å². The highest BCUT2D eigenvalue weighted by molar-refractivity contribution is 7.92. The minimum absolute atomic E-state index is 0.0567. The Kier molecular flexibility index (Phi) is 5.33. The number of anilines is 1. The summed E-state index contributed by atoms with van der Waals surface area (Å²) in [6, 6.07) is 11.2. The molecule has 116 valence electrons. The van der Waals surface area contributed by atoms with Crippen LogP contribution in [0.3, 0.4) is 0 Å². The normalized spacial score (nSPS) is 11.7. The van der Waals surface area contributed by atoms with E-state index in [0.717, 1.165) is 11.1 Å². The first kappa shape index (κ1) is 16.2. The molecule has 0 N–H and O–H groups in total. The van der Waals surface area contributed by atoms with E-state index in [-0.39, 0.29) is 12.3 Å². The van der Waals surface area contributed by atoms with Crippen molar-refractivity contribution in [3.05, 3.63) is 66.0 Å². The van der Waals surface area contributed by atoms with Gasteiger partial charge in [0, 0.05) is 12.4 Å². The maximum atomic E-state index is 12.5. The van der Waals surface area contributed by atoms with Crippen LogP contribution in [0.2, 0.25) is 0 Å². The summed E-state index contributed by atoms with van der Waals surface area (Å²) >= 11 is 0. The lowest BCUT2D eigenvalue weighted by Crippen LogP contribution is -2.31. The van der Waals surface area contributed by atoms with Gasteiger partial charge in [0.1, 0.15) is 0 Å². The van der Waals surface area contributed by atoms with E-state index in [1.54, 1.807) is 19.3 Å². The van der Waals surface area contributed by atoms with E-state index >= 15 is 0 Å². The van der Waals surface area contributed by atoms with Gasteiger partial charge in [0.25, 0.3) is 0 Å². The fourth-order valence-electron chi connectivity index (χ4n) is 2.14. The van der Waals surface area contributed by atoms with E-state index in [4.69, 9.17) is 0 Å². The lowest BCUT2D eigenvalue weighted by molar-refractivity contribution is 0.591. The first-order valence-electron chi connectivity index (χ1n) is 7.19. The van der Waals surface area contributed by atoms with E-state index in [2.05, 4.69) is 4.98 Å². The van der Waals surface area contributed by atoms with Crippen LogP contribution in [0.4, 0.5) is 5.69 Å². The highest BCUT2D eigenvalue weighted by atomic mass is 32.2. The Morgan fingerprint density at radius 3 is 2.68 bits per heavy atom. The third-order valence-corrected chi connectivity index (χ3v) is 5.01. The minimum Gasteiger partial charge on any atom is -0.266 e. The number of pyridine rings is 1. The summed E-state index contributed by atoms with van der Waals surface area (Å²) in [5.41, 5.74) is 2.50. The third kappa shape index (κ3) is 3.95. The van der Waals surface area contributed by atoms with Crippen molar-refractivity contribution in [3.63, 3.8) is 0 Å². The molecule has 0 aliphatic rings. The number of rotatable bonds is 6. The van der Waals surface area contributed by atoms with Crippen LogP contribution < -0.4 is 4.31 Å². The van der Waals surface area contributed by atoms with Gasteiger partial charge in [-0.1, -0.05) is 30.4 Å². The lowest BCUT2D eigenvalue weighted by atomic mass is 10.2. The fraction of sp³-hybridized carbons (Fsp3) is 0.235. The molecule has 1 heterocycles. The summed E-state index contributed by atoms with van der Waals surface area (Å²) in [5.74, 6) is 0.0567. The Bertz CT molecular complexity index is 740. The largest absolute Gasteiger partial charge is 0.266 e. The summed E-state index contributed by atoms with van der Waals surface area (Å²) < 4.78 is 26.4. The Morgan fingerprint density at radius 2 is 2.05 bits per heavy atom. The molecule has 2 rings (SSSR count). The zero-order valence-electron chi connectivity index (χ0n) is 12.8. The monoisotopic (exact) mass is 316 g/mol. The standard InChI is InChI=1S/C17H20N2O2S/c1-3-7-15-8-5-10-17(12-15)19(22(20,21)4-2)14-16-9-6-11-18-13-16/h3,5-13H,4,14H2,1-2H3. The summed E-state index contributed by atoms with van der Waals surface area (Å²) in [6.07, 6.45) is 7.24. The van der Waals surface area contributed by atoms with Crippen molar-refractivity contribution in [1.29, 1.82) is 0 Å². The quantitative estimate of drug-likeness (QED) is 0.820. The molecular weight excluding hydrogens is 296 g/mol. The van der Waals surface area contributed by atoms with Gasteiger partial charge in [0.05, 0.1) is 18.0 Å². The van der Waals surface area contributed by atoms with Gasteiger partial charge in [-0.25, -0.2) is 8.42 Å². The lowest BCUT2D eigenvalue weighted by Gasteiger charge is -2.24. The molecule has 0 radical (unpaired) electrons. The molecule has 0 spiro atoms. The molecule has 0 fully saturated rings. The smallest absolute Gasteiger partial charge is 0.235 e. The second kappa shape index (κ2) is 7.22. The molecule has 0 unspecified atom stereocenters. The van der Waals surface area contributed by atoms with Crippen LogP contribution in [0.1, 0.15) is 25.0 Å². The highest BCUT2D eigenvalue weighted by Crippen LogP contribution is 2.23. The Hall–Kier alpha value is -2.14. The molecule has 0 aliphatic carbocycles. The summed E-state index contributed by atoms with van der Waals surface area (Å²) in [4.78, 5) is 4.05. The molecule has 0 saturated carbocycles. The topological polar surface area (TPSA) is 50.3 Å². The Morgan fingerprint density at radius 1 is 1.23 bits per heavy atom. The van der Waals surface area contributed by atoms with Crippen LogP contribution in [-0.2, 0) is 16.6 Å². The number of hydrogen-bond donors (Lipinski definition) is 0. The van der Waals surface area contributed by atoms with Gasteiger partial charge in [-0.3, -0.25) is 9.29 Å². The summed E-state index contributed by atoms with van der Waals surface area (Å²) in [6.45, 7) is 3.87. The van der Waals surface area contributed by atoms with Crippen molar-refractivity contribution in [3.8, 4) is 0 Å². The van der Waals surface area contributed by atoms with E-state index in [0.29, 0.717) is 5.69 Å². The number of allylic oxidation sites excluding steroid dienone is 1. The van der Waals surface area contributed by atoms with Crippen LogP contribution >= 0.6 is 0 Å². The van der Waals surface area contributed by atoms with Crippen molar-refractivity contribution < 1.29 is 8.42 Å². The van der Waals surface area contributed by atoms with Crippen molar-refractivity contribution >= 4 is 21.8 Å². The fourth-order valence-corrected chi connectivity index (χ4v) is 3.23. The highest BCUT2D eigenvalue weighted by Gasteiger charge is 2.21. The number of nitrogens with zero attached hydrogens (tertiary/aromatic N) is 2. The number of sulfonamides is 1. The van der Waals surface area contributed by atoms with Crippen molar-refractivity contribution in [1.82, 2.24) is 4.98 Å². The van der Waals surface area contributed by atoms with Gasteiger partial charge in [-0.15, -0.1) is 0 Å². The Labute approximate surface area is 132 Å². The minimum atomic E-state index is -3.36. The van der Waals surface area contributed by atoms with Gasteiger partial charge in [-0.05, 0) is 43.2 Å². The first-order chi connectivity index (χ1) is 10.6. The number of aromatic nitrogens is 1. The molecule has 0 amide bonds. The molecule has 4 nitrogen and oxygen atoms in total. The maximum absolute atomic E-state index is 12.5. The molecule has 5 heteroatoms. The van der Waals surface area contributed by atoms with Crippen LogP contribution in [0.5, 0.6) is 0 Å². The van der Waals surface area contributed by atoms with Gasteiger partial charge < -0.3 is 0 Å². The average molecular weight is 316 g/mol. The molecule has 1 aromatic carbocycles. The molecule has 1 aromatic heterocycles. The van der Waals surface area contributed by atoms with Crippen molar-refractivity contribution in [2.24, 2.45) is 0 Å². The second-order valence-electron chi connectivity index (χ2n) is 4.86. The summed E-state index contributed by atoms with van der Waals surface area (Å²) in [7, 11) is -3.36. The zero-order chi connectivity index (χ0) is 16.0. The number of hydrogen-bond acceptors (Lipinski definition) is 3. The van der Waals surface area contributed by atoms with Crippen molar-refractivity contribution in [2.75, 3.05) is 10.1 Å². The van der Waals surface area contributed by atoms with Gasteiger partial charge in [0.2, 0.25) is 10.0 Å².